The third-order valence-corrected chi connectivity index (χ3v) is 6.38. The Kier molecular flexibility index (Phi) is 4.03. The fourth-order valence-corrected chi connectivity index (χ4v) is 4.44. The van der Waals surface area contributed by atoms with Gasteiger partial charge in [0.2, 0.25) is 5.78 Å². The van der Waals surface area contributed by atoms with Gasteiger partial charge in [-0.3, -0.25) is 4.79 Å². The monoisotopic (exact) mass is 366 g/mol. The van der Waals surface area contributed by atoms with Gasteiger partial charge in [0.05, 0.1) is 11.3 Å². The van der Waals surface area contributed by atoms with Gasteiger partial charge < -0.3 is 0 Å². The zero-order valence-electron chi connectivity index (χ0n) is 15.3. The van der Waals surface area contributed by atoms with Gasteiger partial charge in [-0.15, -0.1) is 5.10 Å². The van der Waals surface area contributed by atoms with Gasteiger partial charge in [0, 0.05) is 16.7 Å². The lowest BCUT2D eigenvalue weighted by Crippen LogP contribution is -2.37. The van der Waals surface area contributed by atoms with E-state index in [0.29, 0.717) is 10.9 Å². The summed E-state index contributed by atoms with van der Waals surface area (Å²) >= 11 is 1.50. The largest absolute Gasteiger partial charge is 0.268 e. The summed E-state index contributed by atoms with van der Waals surface area (Å²) in [5.41, 5.74) is 4.69. The van der Waals surface area contributed by atoms with Crippen LogP contribution in [0, 0.1) is 0 Å². The van der Waals surface area contributed by atoms with Crippen molar-refractivity contribution in [2.45, 2.75) is 44.2 Å². The summed E-state index contributed by atoms with van der Waals surface area (Å²) < 4.78 is 1.62. The molecule has 0 saturated heterocycles. The quantitative estimate of drug-likeness (QED) is 0.560. The molecule has 2 aromatic heterocycles. The molecule has 0 bridgehead atoms. The first-order valence-electron chi connectivity index (χ1n) is 8.81. The number of hydrogen-bond acceptors (Lipinski definition) is 4. The molecule has 26 heavy (non-hydrogen) atoms. The Morgan fingerprint density at radius 3 is 2.92 bits per heavy atom. The maximum Gasteiger partial charge on any atom is 0.265 e. The van der Waals surface area contributed by atoms with Gasteiger partial charge in [0.25, 0.3) is 5.56 Å². The molecule has 1 N–H and O–H groups in total. The van der Waals surface area contributed by atoms with Crippen LogP contribution in [0.15, 0.2) is 46.4 Å². The number of aromatic nitrogens is 4. The molecule has 0 spiro atoms. The minimum Gasteiger partial charge on any atom is -0.268 e. The summed E-state index contributed by atoms with van der Waals surface area (Å²) in [4.78, 5) is 18.3. The third-order valence-electron chi connectivity index (χ3n) is 5.21. The lowest BCUT2D eigenvalue weighted by molar-refractivity contribution is 0.439. The lowest BCUT2D eigenvalue weighted by Gasteiger charge is -2.34. The van der Waals surface area contributed by atoms with Crippen molar-refractivity contribution in [3.05, 3.63) is 57.9 Å². The molecule has 5 nitrogen and oxygen atoms in total. The average molecular weight is 366 g/mol. The van der Waals surface area contributed by atoms with E-state index in [2.05, 4.69) is 42.8 Å². The highest BCUT2D eigenvalue weighted by Gasteiger charge is 2.38. The van der Waals surface area contributed by atoms with Crippen molar-refractivity contribution >= 4 is 17.5 Å². The van der Waals surface area contributed by atoms with Crippen molar-refractivity contribution in [1.82, 2.24) is 19.6 Å². The maximum atomic E-state index is 13.5. The molecule has 134 valence electrons. The fourth-order valence-electron chi connectivity index (χ4n) is 3.66. The topological polar surface area (TPSA) is 63.0 Å². The minimum absolute atomic E-state index is 0.0122. The molecule has 0 saturated carbocycles. The predicted molar refractivity (Wildman–Crippen MR) is 106 cm³/mol. The van der Waals surface area contributed by atoms with Crippen LogP contribution in [0.25, 0.3) is 17.0 Å². The number of hydrogen-bond donors (Lipinski definition) is 1. The van der Waals surface area contributed by atoms with Crippen molar-refractivity contribution in [2.75, 3.05) is 5.75 Å². The zero-order valence-corrected chi connectivity index (χ0v) is 16.1. The van der Waals surface area contributed by atoms with Crippen molar-refractivity contribution in [3.63, 3.8) is 0 Å². The van der Waals surface area contributed by atoms with E-state index in [1.54, 1.807) is 4.40 Å². The Balaban J connectivity index is 2.01. The highest BCUT2D eigenvalue weighted by atomic mass is 32.2. The molecule has 1 aromatic carbocycles. The van der Waals surface area contributed by atoms with E-state index in [4.69, 9.17) is 4.98 Å². The molecule has 0 radical (unpaired) electrons. The molecule has 1 atom stereocenters. The second-order valence-corrected chi connectivity index (χ2v) is 8.24. The molecule has 2 heterocycles. The molecule has 0 fully saturated rings. The second kappa shape index (κ2) is 6.13. The van der Waals surface area contributed by atoms with Gasteiger partial charge in [-0.25, -0.2) is 14.5 Å². The molecule has 0 amide bonds. The van der Waals surface area contributed by atoms with Crippen molar-refractivity contribution in [1.29, 1.82) is 0 Å². The van der Waals surface area contributed by atoms with Gasteiger partial charge in [-0.05, 0) is 25.3 Å². The first-order valence-corrected chi connectivity index (χ1v) is 9.80. The molecule has 1 aliphatic carbocycles. The summed E-state index contributed by atoms with van der Waals surface area (Å²) in [7, 11) is 0. The van der Waals surface area contributed by atoms with Crippen LogP contribution in [-0.4, -0.2) is 25.3 Å². The maximum absolute atomic E-state index is 13.5. The molecule has 1 unspecified atom stereocenters. The van der Waals surface area contributed by atoms with E-state index >= 15 is 0 Å². The van der Waals surface area contributed by atoms with Crippen molar-refractivity contribution < 1.29 is 0 Å². The minimum atomic E-state index is -0.234. The Morgan fingerprint density at radius 1 is 1.42 bits per heavy atom. The first-order chi connectivity index (χ1) is 12.4. The number of nitrogens with zero attached hydrogens (tertiary/aromatic N) is 3. The summed E-state index contributed by atoms with van der Waals surface area (Å²) in [6.45, 7) is 10.2. The standard InChI is InChI=1S/C20H22N4OS/c1-5-20(4)10-13-8-6-7-9-14(13)16-15(20)17(25)24-18(21-16)22-23-19(24)26-11-12(2)3/h6-9H,2,5,10-11H2,1,3-4H3,(H,21,22). The van der Waals surface area contributed by atoms with E-state index in [9.17, 15) is 4.79 Å². The SMILES string of the molecule is C=C(C)CSc1n[nH]c2nc3c(c(=O)n12)C(C)(CC)Cc1ccccc1-3. The van der Waals surface area contributed by atoms with E-state index in [-0.39, 0.29) is 11.0 Å². The Bertz CT molecular complexity index is 1080. The Labute approximate surface area is 156 Å². The molecule has 3 aromatic rings. The zero-order chi connectivity index (χ0) is 18.5. The van der Waals surface area contributed by atoms with E-state index < -0.39 is 0 Å². The second-order valence-electron chi connectivity index (χ2n) is 7.30. The summed E-state index contributed by atoms with van der Waals surface area (Å²) in [6, 6.07) is 8.24. The highest BCUT2D eigenvalue weighted by Crippen LogP contribution is 2.42. The van der Waals surface area contributed by atoms with Gasteiger partial charge in [-0.1, -0.05) is 62.0 Å². The van der Waals surface area contributed by atoms with Crippen molar-refractivity contribution in [2.24, 2.45) is 0 Å². The van der Waals surface area contributed by atoms with E-state index in [0.717, 1.165) is 41.0 Å². The Morgan fingerprint density at radius 2 is 2.19 bits per heavy atom. The van der Waals surface area contributed by atoms with Gasteiger partial charge >= 0.3 is 0 Å². The first kappa shape index (κ1) is 17.1. The van der Waals surface area contributed by atoms with Gasteiger partial charge in [-0.2, -0.15) is 0 Å². The van der Waals surface area contributed by atoms with Crippen LogP contribution in [0.4, 0.5) is 0 Å². The molecular formula is C20H22N4OS. The summed E-state index contributed by atoms with van der Waals surface area (Å²) in [6.07, 6.45) is 1.73. The van der Waals surface area contributed by atoms with Gasteiger partial charge in [0.15, 0.2) is 5.16 Å². The third kappa shape index (κ3) is 2.51. The Hall–Kier alpha value is -2.34. The predicted octanol–water partition coefficient (Wildman–Crippen LogP) is 3.98. The normalized spacial score (nSPS) is 18.6. The van der Waals surface area contributed by atoms with Gasteiger partial charge in [0.1, 0.15) is 0 Å². The van der Waals surface area contributed by atoms with E-state index in [1.807, 2.05) is 19.1 Å². The number of H-pyrrole nitrogens is 1. The molecule has 0 aliphatic heterocycles. The summed E-state index contributed by atoms with van der Waals surface area (Å²) in [5.74, 6) is 1.21. The number of benzene rings is 1. The molecular weight excluding hydrogens is 344 g/mol. The van der Waals surface area contributed by atoms with Crippen LogP contribution in [0.2, 0.25) is 0 Å². The molecule has 4 rings (SSSR count). The molecule has 6 heteroatoms. The van der Waals surface area contributed by atoms with Crippen LogP contribution < -0.4 is 5.56 Å². The van der Waals surface area contributed by atoms with Crippen LogP contribution in [0.1, 0.15) is 38.3 Å². The number of rotatable bonds is 4. The average Bonchev–Trinajstić information content (AvgIpc) is 3.03. The van der Waals surface area contributed by atoms with E-state index in [1.165, 1.54) is 17.3 Å². The van der Waals surface area contributed by atoms with Crippen LogP contribution in [-0.2, 0) is 11.8 Å². The van der Waals surface area contributed by atoms with Crippen LogP contribution in [0.3, 0.4) is 0 Å². The summed E-state index contributed by atoms with van der Waals surface area (Å²) in [5, 5.41) is 7.90. The molecule has 1 aliphatic rings. The smallest absolute Gasteiger partial charge is 0.265 e. The highest BCUT2D eigenvalue weighted by molar-refractivity contribution is 7.99. The van der Waals surface area contributed by atoms with Crippen molar-refractivity contribution in [3.8, 4) is 11.3 Å². The number of thioether (sulfide) groups is 1. The number of nitrogens with one attached hydrogen (secondary N) is 1. The van der Waals surface area contributed by atoms with Crippen LogP contribution in [0.5, 0.6) is 0 Å². The number of fused-ring (bicyclic) bond motifs is 4. The fraction of sp³-hybridized carbons (Fsp3) is 0.350. The van der Waals surface area contributed by atoms with Crippen LogP contribution >= 0.6 is 11.8 Å². The lowest BCUT2D eigenvalue weighted by atomic mass is 9.69. The number of aromatic amines is 1.